The molecule has 0 unspecified atom stereocenters. The van der Waals surface area contributed by atoms with Crippen LogP contribution >= 0.6 is 0 Å². The van der Waals surface area contributed by atoms with Crippen molar-refractivity contribution in [2.75, 3.05) is 0 Å². The van der Waals surface area contributed by atoms with E-state index in [1.807, 2.05) is 0 Å². The van der Waals surface area contributed by atoms with E-state index >= 15 is 0 Å². The molecule has 0 aromatic carbocycles. The number of hydrogen-bond donors (Lipinski definition) is 3. The fourth-order valence-corrected chi connectivity index (χ4v) is 8.71. The van der Waals surface area contributed by atoms with Crippen LogP contribution in [0, 0.1) is 46.3 Å². The summed E-state index contributed by atoms with van der Waals surface area (Å²) in [6.45, 7) is 6.99. The lowest BCUT2D eigenvalue weighted by Gasteiger charge is -2.62. The van der Waals surface area contributed by atoms with Crippen LogP contribution in [0.15, 0.2) is 0 Å². The Kier molecular flexibility index (Phi) is 5.36. The smallest absolute Gasteiger partial charge is 0.303 e. The van der Waals surface area contributed by atoms with Gasteiger partial charge in [-0.1, -0.05) is 20.8 Å². The first kappa shape index (κ1) is 20.7. The summed E-state index contributed by atoms with van der Waals surface area (Å²) in [4.78, 5) is 11.1. The van der Waals surface area contributed by atoms with Gasteiger partial charge in [0.15, 0.2) is 0 Å². The third-order valence-corrected chi connectivity index (χ3v) is 10.3. The monoisotopic (exact) mass is 392 g/mol. The van der Waals surface area contributed by atoms with Crippen molar-refractivity contribution in [2.24, 2.45) is 46.3 Å². The largest absolute Gasteiger partial charge is 0.481 e. The number of carboxylic acids is 1. The van der Waals surface area contributed by atoms with Gasteiger partial charge in [0.1, 0.15) is 0 Å². The van der Waals surface area contributed by atoms with Crippen LogP contribution < -0.4 is 0 Å². The van der Waals surface area contributed by atoms with Crippen LogP contribution in [-0.4, -0.2) is 33.5 Å². The second-order valence-electron chi connectivity index (χ2n) is 11.3. The molecule has 4 heteroatoms. The lowest BCUT2D eigenvalue weighted by atomic mass is 9.43. The van der Waals surface area contributed by atoms with Gasteiger partial charge >= 0.3 is 5.97 Å². The van der Waals surface area contributed by atoms with Crippen LogP contribution in [0.25, 0.3) is 0 Å². The standard InChI is InChI=1S/C24H40O4/c1-14(4-9-22(27)28)18-7-8-19-17-6-5-15-12-16(25)10-11-23(15,2)20(17)13-21(26)24(18,19)3/h14-21,25-26H,4-13H2,1-3H3,(H,27,28)/t14-,15-,16-,17+,18+,19-,20-,21+,23+,24+/m1/s1. The van der Waals surface area contributed by atoms with Crippen molar-refractivity contribution in [1.29, 1.82) is 0 Å². The molecule has 0 heterocycles. The molecule has 0 aromatic heterocycles. The van der Waals surface area contributed by atoms with Crippen molar-refractivity contribution in [1.82, 2.24) is 0 Å². The fraction of sp³-hybridized carbons (Fsp3) is 0.958. The van der Waals surface area contributed by atoms with Crippen molar-refractivity contribution in [2.45, 2.75) is 97.2 Å². The van der Waals surface area contributed by atoms with Crippen molar-refractivity contribution in [3.05, 3.63) is 0 Å². The Morgan fingerprint density at radius 3 is 2.50 bits per heavy atom. The molecule has 0 aliphatic heterocycles. The third kappa shape index (κ3) is 3.05. The van der Waals surface area contributed by atoms with Crippen LogP contribution in [0.4, 0.5) is 0 Å². The molecule has 0 radical (unpaired) electrons. The van der Waals surface area contributed by atoms with Gasteiger partial charge in [0, 0.05) is 6.42 Å². The minimum absolute atomic E-state index is 0.0591. The highest BCUT2D eigenvalue weighted by Crippen LogP contribution is 2.68. The van der Waals surface area contributed by atoms with Gasteiger partial charge in [-0.3, -0.25) is 4.79 Å². The molecule has 4 rings (SSSR count). The Morgan fingerprint density at radius 2 is 1.79 bits per heavy atom. The first-order valence-electron chi connectivity index (χ1n) is 11.8. The zero-order chi connectivity index (χ0) is 20.3. The number of carbonyl (C=O) groups is 1. The molecule has 4 saturated carbocycles. The quantitative estimate of drug-likeness (QED) is 0.659. The van der Waals surface area contributed by atoms with Gasteiger partial charge in [-0.2, -0.15) is 0 Å². The van der Waals surface area contributed by atoms with E-state index in [0.717, 1.165) is 38.5 Å². The summed E-state index contributed by atoms with van der Waals surface area (Å²) in [6.07, 6.45) is 9.26. The van der Waals surface area contributed by atoms with Gasteiger partial charge < -0.3 is 15.3 Å². The molecule has 0 bridgehead atoms. The zero-order valence-corrected chi connectivity index (χ0v) is 17.9. The van der Waals surface area contributed by atoms with Crippen molar-refractivity contribution in [3.63, 3.8) is 0 Å². The highest BCUT2D eigenvalue weighted by Gasteiger charge is 2.63. The maximum absolute atomic E-state index is 11.5. The fourth-order valence-electron chi connectivity index (χ4n) is 8.71. The van der Waals surface area contributed by atoms with E-state index in [9.17, 15) is 15.0 Å². The molecule has 0 spiro atoms. The average molecular weight is 393 g/mol. The minimum atomic E-state index is -0.707. The Bertz CT molecular complexity index is 605. The number of aliphatic hydroxyl groups is 2. The Morgan fingerprint density at radius 1 is 1.04 bits per heavy atom. The molecule has 3 N–H and O–H groups in total. The lowest BCUT2D eigenvalue weighted by Crippen LogP contribution is -2.58. The van der Waals surface area contributed by atoms with E-state index in [0.29, 0.717) is 35.5 Å². The molecule has 4 aliphatic rings. The molecule has 4 fully saturated rings. The van der Waals surface area contributed by atoms with Crippen LogP contribution in [0.3, 0.4) is 0 Å². The topological polar surface area (TPSA) is 77.8 Å². The maximum Gasteiger partial charge on any atom is 0.303 e. The predicted molar refractivity (Wildman–Crippen MR) is 109 cm³/mol. The number of carboxylic acid groups (broad SMARTS) is 1. The summed E-state index contributed by atoms with van der Waals surface area (Å²) in [5, 5.41) is 30.8. The molecule has 0 amide bonds. The number of aliphatic carboxylic acids is 1. The van der Waals surface area contributed by atoms with Gasteiger partial charge in [-0.15, -0.1) is 0 Å². The molecular weight excluding hydrogens is 352 g/mol. The lowest BCUT2D eigenvalue weighted by molar-refractivity contribution is -0.175. The molecule has 160 valence electrons. The number of fused-ring (bicyclic) bond motifs is 5. The molecule has 0 saturated heterocycles. The summed E-state index contributed by atoms with van der Waals surface area (Å²) >= 11 is 0. The first-order chi connectivity index (χ1) is 13.2. The SMILES string of the molecule is C[C@H](CCC(=O)O)[C@@H]1CC[C@@H]2[C@@H]3CC[C@@H]4C[C@H](O)CC[C@]4(C)[C@@H]3C[C@H](O)[C@]21C. The van der Waals surface area contributed by atoms with Gasteiger partial charge in [0.2, 0.25) is 0 Å². The predicted octanol–water partition coefficient (Wildman–Crippen LogP) is 4.48. The average Bonchev–Trinajstić information content (AvgIpc) is 3.00. The summed E-state index contributed by atoms with van der Waals surface area (Å²) in [7, 11) is 0. The summed E-state index contributed by atoms with van der Waals surface area (Å²) < 4.78 is 0. The molecule has 0 aromatic rings. The summed E-state index contributed by atoms with van der Waals surface area (Å²) in [6, 6.07) is 0. The molecule has 4 aliphatic carbocycles. The summed E-state index contributed by atoms with van der Waals surface area (Å²) in [5.74, 6) is 2.55. The highest BCUT2D eigenvalue weighted by molar-refractivity contribution is 5.66. The molecular formula is C24H40O4. The Labute approximate surface area is 170 Å². The van der Waals surface area contributed by atoms with Gasteiger partial charge in [0.25, 0.3) is 0 Å². The van der Waals surface area contributed by atoms with Crippen LogP contribution in [0.2, 0.25) is 0 Å². The Hall–Kier alpha value is -0.610. The minimum Gasteiger partial charge on any atom is -0.481 e. The van der Waals surface area contributed by atoms with E-state index in [2.05, 4.69) is 20.8 Å². The Balaban J connectivity index is 1.56. The number of aliphatic hydroxyl groups excluding tert-OH is 2. The van der Waals surface area contributed by atoms with Crippen LogP contribution in [0.1, 0.15) is 85.0 Å². The van der Waals surface area contributed by atoms with Crippen molar-refractivity contribution < 1.29 is 20.1 Å². The number of rotatable bonds is 4. The zero-order valence-electron chi connectivity index (χ0n) is 17.9. The van der Waals surface area contributed by atoms with Crippen molar-refractivity contribution >= 4 is 5.97 Å². The second-order valence-corrected chi connectivity index (χ2v) is 11.3. The molecule has 28 heavy (non-hydrogen) atoms. The van der Waals surface area contributed by atoms with E-state index in [1.165, 1.54) is 19.3 Å². The molecule has 10 atom stereocenters. The van der Waals surface area contributed by atoms with Gasteiger partial charge in [-0.05, 0) is 104 Å². The summed E-state index contributed by atoms with van der Waals surface area (Å²) in [5.41, 5.74) is 0.216. The second kappa shape index (κ2) is 7.27. The van der Waals surface area contributed by atoms with Crippen LogP contribution in [-0.2, 0) is 4.79 Å². The van der Waals surface area contributed by atoms with E-state index < -0.39 is 5.97 Å². The third-order valence-electron chi connectivity index (χ3n) is 10.3. The van der Waals surface area contributed by atoms with Gasteiger partial charge in [0.05, 0.1) is 12.2 Å². The highest BCUT2D eigenvalue weighted by atomic mass is 16.4. The van der Waals surface area contributed by atoms with Gasteiger partial charge in [-0.25, -0.2) is 0 Å². The van der Waals surface area contributed by atoms with E-state index in [4.69, 9.17) is 5.11 Å². The first-order valence-corrected chi connectivity index (χ1v) is 11.8. The maximum atomic E-state index is 11.5. The van der Waals surface area contributed by atoms with E-state index in [1.54, 1.807) is 0 Å². The van der Waals surface area contributed by atoms with E-state index in [-0.39, 0.29) is 29.5 Å². The van der Waals surface area contributed by atoms with Crippen LogP contribution in [0.5, 0.6) is 0 Å². The molecule has 4 nitrogen and oxygen atoms in total. The van der Waals surface area contributed by atoms with Crippen molar-refractivity contribution in [3.8, 4) is 0 Å². The number of hydrogen-bond acceptors (Lipinski definition) is 3. The normalized spacial score (nSPS) is 51.7.